The number of halogens is 1. The summed E-state index contributed by atoms with van der Waals surface area (Å²) in [4.78, 5) is 14.4. The fourth-order valence-electron chi connectivity index (χ4n) is 2.70. The molecular weight excluding hydrogens is 336 g/mol. The van der Waals surface area contributed by atoms with Gasteiger partial charge in [0.1, 0.15) is 12.2 Å². The van der Waals surface area contributed by atoms with E-state index in [1.165, 1.54) is 0 Å². The lowest BCUT2D eigenvalue weighted by Crippen LogP contribution is -2.52. The van der Waals surface area contributed by atoms with Crippen LogP contribution in [0.1, 0.15) is 11.7 Å². The highest BCUT2D eigenvalue weighted by Gasteiger charge is 2.31. The van der Waals surface area contributed by atoms with Crippen molar-refractivity contribution in [3.8, 4) is 0 Å². The molecule has 114 valence electrons. The highest BCUT2D eigenvalue weighted by Crippen LogP contribution is 2.28. The molecule has 1 aromatic rings. The zero-order chi connectivity index (χ0) is 14.7. The fraction of sp³-hybridized carbons (Fsp3) is 0.533. The van der Waals surface area contributed by atoms with E-state index in [1.54, 1.807) is 0 Å². The van der Waals surface area contributed by atoms with Crippen LogP contribution in [0.2, 0.25) is 0 Å². The van der Waals surface area contributed by atoms with Crippen molar-refractivity contribution in [1.82, 2.24) is 10.2 Å². The summed E-state index contributed by atoms with van der Waals surface area (Å²) in [5.74, 6) is 0.0579. The molecule has 0 unspecified atom stereocenters. The number of carbonyl (C=O) groups excluding carboxylic acids is 1. The van der Waals surface area contributed by atoms with Gasteiger partial charge in [0.2, 0.25) is 0 Å². The van der Waals surface area contributed by atoms with Gasteiger partial charge in [-0.3, -0.25) is 4.79 Å². The highest BCUT2D eigenvalue weighted by atomic mass is 79.9. The van der Waals surface area contributed by atoms with Crippen molar-refractivity contribution in [3.05, 3.63) is 34.3 Å². The Balaban J connectivity index is 1.68. The van der Waals surface area contributed by atoms with E-state index in [1.807, 2.05) is 29.2 Å². The molecule has 2 atom stereocenters. The van der Waals surface area contributed by atoms with E-state index in [0.29, 0.717) is 32.8 Å². The Hall–Kier alpha value is -0.950. The second-order valence-corrected chi connectivity index (χ2v) is 6.08. The van der Waals surface area contributed by atoms with Crippen LogP contribution in [0.4, 0.5) is 0 Å². The summed E-state index contributed by atoms with van der Waals surface area (Å²) in [5, 5.41) is 3.20. The SMILES string of the molecule is O=C([C@H]1CNCCO1)N1CCO[C@@H](c2ccccc2Br)C1. The summed E-state index contributed by atoms with van der Waals surface area (Å²) in [6, 6.07) is 7.98. The van der Waals surface area contributed by atoms with Crippen LogP contribution in [0.15, 0.2) is 28.7 Å². The Kier molecular flexibility index (Phi) is 4.90. The van der Waals surface area contributed by atoms with Crippen molar-refractivity contribution >= 4 is 21.8 Å². The molecule has 21 heavy (non-hydrogen) atoms. The number of amides is 1. The standard InChI is InChI=1S/C15H19BrN2O3/c16-12-4-2-1-3-11(12)14-10-18(6-8-21-14)15(19)13-9-17-5-7-20-13/h1-4,13-14,17H,5-10H2/t13-,14-/m1/s1. The van der Waals surface area contributed by atoms with E-state index in [9.17, 15) is 4.79 Å². The van der Waals surface area contributed by atoms with Crippen LogP contribution in [0.25, 0.3) is 0 Å². The molecule has 0 radical (unpaired) electrons. The highest BCUT2D eigenvalue weighted by molar-refractivity contribution is 9.10. The molecule has 0 saturated carbocycles. The second-order valence-electron chi connectivity index (χ2n) is 5.23. The van der Waals surface area contributed by atoms with Gasteiger partial charge in [0.15, 0.2) is 0 Å². The second kappa shape index (κ2) is 6.87. The van der Waals surface area contributed by atoms with Gasteiger partial charge in [-0.2, -0.15) is 0 Å². The van der Waals surface area contributed by atoms with Crippen LogP contribution in [0, 0.1) is 0 Å². The van der Waals surface area contributed by atoms with Crippen LogP contribution >= 0.6 is 15.9 Å². The molecule has 1 N–H and O–H groups in total. The maximum absolute atomic E-state index is 12.5. The van der Waals surface area contributed by atoms with Gasteiger partial charge >= 0.3 is 0 Å². The van der Waals surface area contributed by atoms with Gasteiger partial charge in [0.05, 0.1) is 19.8 Å². The number of benzene rings is 1. The van der Waals surface area contributed by atoms with E-state index in [2.05, 4.69) is 21.2 Å². The number of hydrogen-bond donors (Lipinski definition) is 1. The minimum atomic E-state index is -0.364. The van der Waals surface area contributed by atoms with E-state index in [-0.39, 0.29) is 18.1 Å². The minimum absolute atomic E-state index is 0.0579. The molecule has 2 aliphatic rings. The van der Waals surface area contributed by atoms with Crippen molar-refractivity contribution in [3.63, 3.8) is 0 Å². The average molecular weight is 355 g/mol. The quantitative estimate of drug-likeness (QED) is 0.870. The lowest BCUT2D eigenvalue weighted by Gasteiger charge is -2.36. The van der Waals surface area contributed by atoms with Crippen LogP contribution in [-0.2, 0) is 14.3 Å². The minimum Gasteiger partial charge on any atom is -0.370 e. The van der Waals surface area contributed by atoms with E-state index < -0.39 is 0 Å². The zero-order valence-electron chi connectivity index (χ0n) is 11.8. The number of hydrogen-bond acceptors (Lipinski definition) is 4. The van der Waals surface area contributed by atoms with Crippen LogP contribution in [0.3, 0.4) is 0 Å². The first-order chi connectivity index (χ1) is 10.3. The average Bonchev–Trinajstić information content (AvgIpc) is 2.55. The topological polar surface area (TPSA) is 50.8 Å². The molecule has 1 aromatic carbocycles. The van der Waals surface area contributed by atoms with Gasteiger partial charge in [-0.05, 0) is 11.6 Å². The maximum Gasteiger partial charge on any atom is 0.253 e. The number of nitrogens with one attached hydrogen (secondary N) is 1. The lowest BCUT2D eigenvalue weighted by molar-refractivity contribution is -0.152. The van der Waals surface area contributed by atoms with Crippen molar-refractivity contribution < 1.29 is 14.3 Å². The Morgan fingerprint density at radius 1 is 1.29 bits per heavy atom. The smallest absolute Gasteiger partial charge is 0.253 e. The lowest BCUT2D eigenvalue weighted by atomic mass is 10.1. The number of ether oxygens (including phenoxy) is 2. The number of morpholine rings is 2. The van der Waals surface area contributed by atoms with E-state index in [4.69, 9.17) is 9.47 Å². The maximum atomic E-state index is 12.5. The van der Waals surface area contributed by atoms with Gasteiger partial charge in [-0.25, -0.2) is 0 Å². The normalized spacial score (nSPS) is 26.6. The summed E-state index contributed by atoms with van der Waals surface area (Å²) in [6.07, 6.45) is -0.452. The molecule has 0 aliphatic carbocycles. The molecule has 6 heteroatoms. The Morgan fingerprint density at radius 3 is 2.90 bits per heavy atom. The third-order valence-electron chi connectivity index (χ3n) is 3.83. The zero-order valence-corrected chi connectivity index (χ0v) is 13.3. The molecule has 3 rings (SSSR count). The van der Waals surface area contributed by atoms with Crippen molar-refractivity contribution in [2.75, 3.05) is 39.4 Å². The number of rotatable bonds is 2. The van der Waals surface area contributed by atoms with Crippen LogP contribution in [0.5, 0.6) is 0 Å². The third kappa shape index (κ3) is 3.45. The first-order valence-corrected chi connectivity index (χ1v) is 8.02. The molecule has 2 saturated heterocycles. The van der Waals surface area contributed by atoms with E-state index >= 15 is 0 Å². The van der Waals surface area contributed by atoms with Gasteiger partial charge in [-0.1, -0.05) is 34.1 Å². The summed E-state index contributed by atoms with van der Waals surface area (Å²) in [7, 11) is 0. The number of carbonyl (C=O) groups is 1. The Bertz CT molecular complexity index is 505. The van der Waals surface area contributed by atoms with Crippen LogP contribution in [-0.4, -0.2) is 56.3 Å². The monoisotopic (exact) mass is 354 g/mol. The molecular formula is C15H19BrN2O3. The third-order valence-corrected chi connectivity index (χ3v) is 4.56. The number of nitrogens with zero attached hydrogens (tertiary/aromatic N) is 1. The molecule has 1 amide bonds. The Morgan fingerprint density at radius 2 is 2.14 bits per heavy atom. The van der Waals surface area contributed by atoms with Crippen molar-refractivity contribution in [1.29, 1.82) is 0 Å². The van der Waals surface area contributed by atoms with E-state index in [0.717, 1.165) is 16.6 Å². The fourth-order valence-corrected chi connectivity index (χ4v) is 3.24. The van der Waals surface area contributed by atoms with Gasteiger partial charge < -0.3 is 19.7 Å². The molecule has 2 aliphatic heterocycles. The van der Waals surface area contributed by atoms with Crippen molar-refractivity contribution in [2.45, 2.75) is 12.2 Å². The molecule has 0 spiro atoms. The predicted octanol–water partition coefficient (Wildman–Crippen LogP) is 1.34. The molecule has 2 fully saturated rings. The summed E-state index contributed by atoms with van der Waals surface area (Å²) >= 11 is 3.55. The van der Waals surface area contributed by atoms with Gasteiger partial charge in [0, 0.05) is 24.1 Å². The predicted molar refractivity (Wildman–Crippen MR) is 82.0 cm³/mol. The molecule has 5 nitrogen and oxygen atoms in total. The molecule has 0 bridgehead atoms. The summed E-state index contributed by atoms with van der Waals surface area (Å²) in [6.45, 7) is 3.75. The molecule has 0 aromatic heterocycles. The summed E-state index contributed by atoms with van der Waals surface area (Å²) < 4.78 is 12.4. The largest absolute Gasteiger partial charge is 0.370 e. The first-order valence-electron chi connectivity index (χ1n) is 7.23. The molecule has 2 heterocycles. The summed E-state index contributed by atoms with van der Waals surface area (Å²) in [5.41, 5.74) is 1.08. The van der Waals surface area contributed by atoms with Crippen LogP contribution < -0.4 is 5.32 Å². The van der Waals surface area contributed by atoms with Gasteiger partial charge in [-0.15, -0.1) is 0 Å². The Labute approximate surface area is 132 Å². The van der Waals surface area contributed by atoms with Gasteiger partial charge in [0.25, 0.3) is 5.91 Å². The first kappa shape index (κ1) is 15.0. The van der Waals surface area contributed by atoms with Crippen molar-refractivity contribution in [2.24, 2.45) is 0 Å².